The second-order valence-corrected chi connectivity index (χ2v) is 14.6. The number of ether oxygens (including phenoxy) is 12. The van der Waals surface area contributed by atoms with Crippen LogP contribution in [0.4, 0.5) is 0 Å². The highest BCUT2D eigenvalue weighted by molar-refractivity contribution is 5.27. The fraction of sp³-hybridized carbons (Fsp3) is 0.455. The third-order valence-corrected chi connectivity index (χ3v) is 11.1. The lowest BCUT2D eigenvalue weighted by Crippen LogP contribution is -2.63. The Labute approximate surface area is 326 Å². The summed E-state index contributed by atoms with van der Waals surface area (Å²) in [5.74, 6) is 0. The van der Waals surface area contributed by atoms with Crippen LogP contribution in [0.15, 0.2) is 109 Å². The average Bonchev–Trinajstić information content (AvgIpc) is 3.26. The van der Waals surface area contributed by atoms with Crippen molar-refractivity contribution in [2.75, 3.05) is 27.4 Å². The number of rotatable bonds is 4. The molecule has 5 aliphatic heterocycles. The van der Waals surface area contributed by atoms with Crippen molar-refractivity contribution in [3.05, 3.63) is 143 Å². The Kier molecular flexibility index (Phi) is 11.9. The summed E-state index contributed by atoms with van der Waals surface area (Å²) in [6.07, 6.45) is -7.02. The van der Waals surface area contributed by atoms with Gasteiger partial charge >= 0.3 is 0 Å². The summed E-state index contributed by atoms with van der Waals surface area (Å²) in [6, 6.07) is 35.9. The van der Waals surface area contributed by atoms with Crippen LogP contribution in [0.5, 0.6) is 0 Å². The Morgan fingerprint density at radius 3 is 1.07 bits per heavy atom. The minimum absolute atomic E-state index is 0.235. The summed E-state index contributed by atoms with van der Waals surface area (Å²) < 4.78 is 77.8. The van der Waals surface area contributed by atoms with Gasteiger partial charge in [-0.25, -0.2) is 0 Å². The van der Waals surface area contributed by atoms with Crippen LogP contribution in [0.3, 0.4) is 0 Å². The topological polar surface area (TPSA) is 111 Å². The van der Waals surface area contributed by atoms with Crippen molar-refractivity contribution in [3.63, 3.8) is 0 Å². The first kappa shape index (κ1) is 37.9. The maximum Gasteiger partial charge on any atom is 0.186 e. The summed E-state index contributed by atoms with van der Waals surface area (Å²) in [5, 5.41) is 0. The monoisotopic (exact) mass is 768 g/mol. The van der Waals surface area contributed by atoms with Gasteiger partial charge in [0.15, 0.2) is 25.2 Å². The molecule has 5 aliphatic rings. The molecule has 9 rings (SSSR count). The molecule has 0 saturated carbocycles. The molecule has 5 heterocycles. The second kappa shape index (κ2) is 17.5. The van der Waals surface area contributed by atoms with Crippen LogP contribution in [-0.2, 0) is 83.3 Å². The average molecular weight is 769 g/mol. The minimum atomic E-state index is -0.739. The Morgan fingerprint density at radius 1 is 0.375 bits per heavy atom. The zero-order valence-electron chi connectivity index (χ0n) is 31.5. The van der Waals surface area contributed by atoms with Gasteiger partial charge in [0, 0.05) is 25.3 Å². The quantitative estimate of drug-likeness (QED) is 0.246. The first-order chi connectivity index (χ1) is 27.7. The Hall–Kier alpha value is -3.60. The van der Waals surface area contributed by atoms with Gasteiger partial charge in [0.2, 0.25) is 0 Å². The summed E-state index contributed by atoms with van der Waals surface area (Å²) in [5.41, 5.74) is 5.59. The molecular weight excluding hydrogens is 720 g/mol. The largest absolute Gasteiger partial charge is 0.368 e. The van der Waals surface area contributed by atoms with E-state index in [0.717, 1.165) is 33.4 Å². The molecule has 0 radical (unpaired) electrons. The summed E-state index contributed by atoms with van der Waals surface area (Å²) in [7, 11) is 3.22. The van der Waals surface area contributed by atoms with Gasteiger partial charge in [-0.15, -0.1) is 0 Å². The number of hydrogen-bond acceptors (Lipinski definition) is 12. The van der Waals surface area contributed by atoms with Gasteiger partial charge in [-0.2, -0.15) is 0 Å². The molecule has 296 valence electrons. The molecule has 0 aromatic heterocycles. The molecule has 12 atom stereocenters. The number of benzene rings is 4. The summed E-state index contributed by atoms with van der Waals surface area (Å²) in [4.78, 5) is 0. The van der Waals surface area contributed by atoms with Crippen molar-refractivity contribution >= 4 is 0 Å². The SMILES string of the molecule is CO[C@H]1O[C@@H]2COC(c3ccccc3)O[C@@H]2[C@@H]2OCc3ccccc3CO[C@H]3[C@H]4OC(c5ccccc5)OC[C@H]4O[C@H](OC)[C@@H]3OCc3ccccc3CO[C@@H]12. The van der Waals surface area contributed by atoms with E-state index in [0.29, 0.717) is 13.2 Å². The zero-order chi connectivity index (χ0) is 37.8. The highest BCUT2D eigenvalue weighted by Crippen LogP contribution is 2.40. The summed E-state index contributed by atoms with van der Waals surface area (Å²) in [6.45, 7) is 1.58. The van der Waals surface area contributed by atoms with Crippen LogP contribution in [0.1, 0.15) is 46.0 Å². The van der Waals surface area contributed by atoms with Gasteiger partial charge in [-0.05, 0) is 22.3 Å². The third-order valence-electron chi connectivity index (χ3n) is 11.1. The highest BCUT2D eigenvalue weighted by Gasteiger charge is 2.53. The van der Waals surface area contributed by atoms with Crippen LogP contribution >= 0.6 is 0 Å². The molecule has 2 unspecified atom stereocenters. The number of fused-ring (bicyclic) bond motifs is 8. The molecule has 12 nitrogen and oxygen atoms in total. The molecule has 0 N–H and O–H groups in total. The van der Waals surface area contributed by atoms with Gasteiger partial charge in [0.1, 0.15) is 48.8 Å². The molecule has 4 fully saturated rings. The normalized spacial score (nSPS) is 35.0. The summed E-state index contributed by atoms with van der Waals surface area (Å²) >= 11 is 0. The van der Waals surface area contributed by atoms with Gasteiger partial charge in [0.05, 0.1) is 39.6 Å². The lowest BCUT2D eigenvalue weighted by molar-refractivity contribution is -0.370. The van der Waals surface area contributed by atoms with Gasteiger partial charge in [0.25, 0.3) is 0 Å². The molecule has 56 heavy (non-hydrogen) atoms. The van der Waals surface area contributed by atoms with E-state index in [1.807, 2.05) is 109 Å². The lowest BCUT2D eigenvalue weighted by atomic mass is 9.96. The fourth-order valence-electron chi connectivity index (χ4n) is 8.19. The minimum Gasteiger partial charge on any atom is -0.368 e. The maximum atomic E-state index is 6.91. The number of methoxy groups -OCH3 is 2. The highest BCUT2D eigenvalue weighted by atomic mass is 16.8. The zero-order valence-corrected chi connectivity index (χ0v) is 31.5. The standard InChI is InChI=1S/C44H48O12/c1-45-43-39-37(35-33(53-43)25-51-41(55-35)27-13-5-3-6-14-27)47-21-29-17-9-10-18-30(29)22-48-38-36-34(26-52-42(56-36)28-15-7-4-8-16-28)54-44(46-2)40(38)50-24-32-20-12-11-19-31(32)23-49-39/h3-20,33-44H,21-26H2,1-2H3/t33-,34-,35+,36+,37+,38+,39-,40-,41?,42?,43+,44+/m1/s1. The van der Waals surface area contributed by atoms with E-state index < -0.39 is 74.0 Å². The van der Waals surface area contributed by atoms with Crippen LogP contribution < -0.4 is 0 Å². The molecular formula is C44H48O12. The van der Waals surface area contributed by atoms with Crippen molar-refractivity contribution in [1.82, 2.24) is 0 Å². The van der Waals surface area contributed by atoms with Crippen molar-refractivity contribution < 1.29 is 56.8 Å². The molecule has 0 spiro atoms. The smallest absolute Gasteiger partial charge is 0.186 e. The molecule has 4 saturated heterocycles. The fourth-order valence-corrected chi connectivity index (χ4v) is 8.19. The predicted molar refractivity (Wildman–Crippen MR) is 199 cm³/mol. The molecule has 0 amide bonds. The Balaban J connectivity index is 1.05. The number of hydrogen-bond donors (Lipinski definition) is 0. The van der Waals surface area contributed by atoms with E-state index in [1.165, 1.54) is 0 Å². The van der Waals surface area contributed by atoms with E-state index in [-0.39, 0.29) is 26.4 Å². The van der Waals surface area contributed by atoms with E-state index in [1.54, 1.807) is 14.2 Å². The molecule has 4 aromatic rings. The van der Waals surface area contributed by atoms with Gasteiger partial charge in [-0.1, -0.05) is 109 Å². The van der Waals surface area contributed by atoms with Crippen molar-refractivity contribution in [2.45, 2.75) is 100 Å². The first-order valence-electron chi connectivity index (χ1n) is 19.3. The van der Waals surface area contributed by atoms with E-state index in [2.05, 4.69) is 0 Å². The Bertz CT molecular complexity index is 1730. The van der Waals surface area contributed by atoms with Crippen molar-refractivity contribution in [2.24, 2.45) is 0 Å². The van der Waals surface area contributed by atoms with Crippen molar-refractivity contribution in [1.29, 1.82) is 0 Å². The van der Waals surface area contributed by atoms with Gasteiger partial charge < -0.3 is 56.8 Å². The van der Waals surface area contributed by atoms with Crippen LogP contribution in [0.2, 0.25) is 0 Å². The maximum absolute atomic E-state index is 6.91. The van der Waals surface area contributed by atoms with Crippen LogP contribution in [0, 0.1) is 0 Å². The first-order valence-corrected chi connectivity index (χ1v) is 19.3. The Morgan fingerprint density at radius 2 is 0.714 bits per heavy atom. The van der Waals surface area contributed by atoms with Gasteiger partial charge in [-0.3, -0.25) is 0 Å². The molecule has 0 aliphatic carbocycles. The van der Waals surface area contributed by atoms with E-state index >= 15 is 0 Å². The third kappa shape index (κ3) is 7.95. The predicted octanol–water partition coefficient (Wildman–Crippen LogP) is 5.91. The molecule has 0 bridgehead atoms. The van der Waals surface area contributed by atoms with Crippen LogP contribution in [0.25, 0.3) is 0 Å². The molecule has 12 heteroatoms. The second-order valence-electron chi connectivity index (χ2n) is 14.6. The molecule has 4 aromatic carbocycles. The van der Waals surface area contributed by atoms with E-state index in [4.69, 9.17) is 56.8 Å². The lowest BCUT2D eigenvalue weighted by Gasteiger charge is -2.49. The van der Waals surface area contributed by atoms with E-state index in [9.17, 15) is 0 Å². The van der Waals surface area contributed by atoms with Crippen LogP contribution in [-0.4, -0.2) is 88.8 Å². The van der Waals surface area contributed by atoms with Crippen molar-refractivity contribution in [3.8, 4) is 0 Å².